The van der Waals surface area contributed by atoms with Gasteiger partial charge in [-0.15, -0.1) is 0 Å². The fourth-order valence-corrected chi connectivity index (χ4v) is 4.00. The first kappa shape index (κ1) is 24.2. The van der Waals surface area contributed by atoms with Gasteiger partial charge in [0.05, 0.1) is 6.61 Å². The Hall–Kier alpha value is -2.44. The van der Waals surface area contributed by atoms with Crippen LogP contribution in [0.15, 0.2) is 48.5 Å². The standard InChI is InChI=1S/C26H35FN2O3/c1-26(2,27)19-29-15-12-20(13-16-29)18-32-24-10-8-22(9-11-24)21-4-6-23(7-5-21)25(31)28-14-3-17-30/h4-11,20,30H,3,12-19H2,1-2H3,(H,28,31). The number of piperidine rings is 1. The lowest BCUT2D eigenvalue weighted by molar-refractivity contribution is 0.0836. The third-order valence-corrected chi connectivity index (χ3v) is 5.75. The number of nitrogens with one attached hydrogen (secondary N) is 1. The van der Waals surface area contributed by atoms with Crippen LogP contribution in [0.1, 0.15) is 43.5 Å². The van der Waals surface area contributed by atoms with E-state index in [9.17, 15) is 9.18 Å². The fraction of sp³-hybridized carbons (Fsp3) is 0.500. The van der Waals surface area contributed by atoms with E-state index in [1.54, 1.807) is 13.8 Å². The molecule has 0 radical (unpaired) electrons. The van der Waals surface area contributed by atoms with Crippen LogP contribution in [0.25, 0.3) is 11.1 Å². The Balaban J connectivity index is 1.46. The molecule has 0 atom stereocenters. The molecule has 6 heteroatoms. The van der Waals surface area contributed by atoms with Gasteiger partial charge in [0.15, 0.2) is 0 Å². The number of amides is 1. The van der Waals surface area contributed by atoms with Gasteiger partial charge >= 0.3 is 0 Å². The van der Waals surface area contributed by atoms with Crippen LogP contribution in [0, 0.1) is 5.92 Å². The minimum absolute atomic E-state index is 0.0666. The summed E-state index contributed by atoms with van der Waals surface area (Å²) in [7, 11) is 0. The van der Waals surface area contributed by atoms with Gasteiger partial charge in [-0.3, -0.25) is 4.79 Å². The van der Waals surface area contributed by atoms with E-state index in [0.717, 1.165) is 42.8 Å². The number of nitrogens with zero attached hydrogens (tertiary/aromatic N) is 1. The lowest BCUT2D eigenvalue weighted by Crippen LogP contribution is -2.41. The van der Waals surface area contributed by atoms with Crippen molar-refractivity contribution in [2.45, 2.75) is 38.8 Å². The van der Waals surface area contributed by atoms with Crippen LogP contribution in [-0.2, 0) is 0 Å². The third-order valence-electron chi connectivity index (χ3n) is 5.75. The number of carbonyl (C=O) groups is 1. The van der Waals surface area contributed by atoms with Gasteiger partial charge in [-0.25, -0.2) is 4.39 Å². The zero-order valence-corrected chi connectivity index (χ0v) is 19.1. The zero-order chi connectivity index (χ0) is 23.0. The van der Waals surface area contributed by atoms with Gasteiger partial charge in [-0.1, -0.05) is 24.3 Å². The molecule has 174 valence electrons. The molecule has 0 aromatic heterocycles. The van der Waals surface area contributed by atoms with Crippen molar-refractivity contribution in [2.24, 2.45) is 5.92 Å². The van der Waals surface area contributed by atoms with E-state index < -0.39 is 5.67 Å². The molecule has 3 rings (SSSR count). The summed E-state index contributed by atoms with van der Waals surface area (Å²) in [5.41, 5.74) is 1.56. The number of aliphatic hydroxyl groups excluding tert-OH is 1. The van der Waals surface area contributed by atoms with E-state index in [1.807, 2.05) is 48.5 Å². The number of hydrogen-bond acceptors (Lipinski definition) is 4. The summed E-state index contributed by atoms with van der Waals surface area (Å²) in [5.74, 6) is 1.22. The normalized spacial score (nSPS) is 15.5. The second-order valence-electron chi connectivity index (χ2n) is 9.18. The van der Waals surface area contributed by atoms with Crippen LogP contribution in [-0.4, -0.2) is 61.0 Å². The van der Waals surface area contributed by atoms with E-state index in [1.165, 1.54) is 0 Å². The Morgan fingerprint density at radius 1 is 1.09 bits per heavy atom. The first-order chi connectivity index (χ1) is 15.3. The average molecular weight is 443 g/mol. The number of benzene rings is 2. The molecule has 5 nitrogen and oxygen atoms in total. The largest absolute Gasteiger partial charge is 0.493 e. The molecule has 2 aromatic rings. The van der Waals surface area contributed by atoms with Crippen LogP contribution >= 0.6 is 0 Å². The molecule has 32 heavy (non-hydrogen) atoms. The molecule has 0 aliphatic carbocycles. The summed E-state index contributed by atoms with van der Waals surface area (Å²) < 4.78 is 19.8. The van der Waals surface area contributed by atoms with Gasteiger partial charge in [-0.2, -0.15) is 0 Å². The summed E-state index contributed by atoms with van der Waals surface area (Å²) in [6, 6.07) is 15.5. The number of alkyl halides is 1. The highest BCUT2D eigenvalue weighted by molar-refractivity contribution is 5.94. The maximum absolute atomic E-state index is 13.8. The van der Waals surface area contributed by atoms with E-state index in [4.69, 9.17) is 9.84 Å². The molecule has 1 heterocycles. The van der Waals surface area contributed by atoms with E-state index in [-0.39, 0.29) is 12.5 Å². The molecule has 1 amide bonds. The second kappa shape index (κ2) is 11.4. The van der Waals surface area contributed by atoms with Crippen molar-refractivity contribution < 1.29 is 19.0 Å². The Morgan fingerprint density at radius 2 is 1.69 bits per heavy atom. The molecule has 1 aliphatic heterocycles. The Labute approximate surface area is 190 Å². The van der Waals surface area contributed by atoms with E-state index >= 15 is 0 Å². The van der Waals surface area contributed by atoms with Crippen LogP contribution in [0.2, 0.25) is 0 Å². The maximum atomic E-state index is 13.8. The van der Waals surface area contributed by atoms with Crippen molar-refractivity contribution in [3.8, 4) is 16.9 Å². The maximum Gasteiger partial charge on any atom is 0.251 e. The van der Waals surface area contributed by atoms with Crippen LogP contribution in [0.4, 0.5) is 4.39 Å². The highest BCUT2D eigenvalue weighted by Gasteiger charge is 2.25. The molecule has 0 unspecified atom stereocenters. The third kappa shape index (κ3) is 7.61. The summed E-state index contributed by atoms with van der Waals surface area (Å²) in [6.07, 6.45) is 2.62. The van der Waals surface area contributed by atoms with Crippen molar-refractivity contribution in [1.82, 2.24) is 10.2 Å². The molecule has 0 bridgehead atoms. The molecule has 2 aromatic carbocycles. The molecule has 1 aliphatic rings. The van der Waals surface area contributed by atoms with Gasteiger partial charge in [-0.05, 0) is 87.5 Å². The summed E-state index contributed by atoms with van der Waals surface area (Å²) in [6.45, 7) is 6.84. The summed E-state index contributed by atoms with van der Waals surface area (Å²) in [5, 5.41) is 11.6. The van der Waals surface area contributed by atoms with Crippen LogP contribution in [0.3, 0.4) is 0 Å². The second-order valence-corrected chi connectivity index (χ2v) is 9.18. The molecular formula is C26H35FN2O3. The number of halogens is 1. The van der Waals surface area contributed by atoms with E-state index in [2.05, 4.69) is 10.2 Å². The Bertz CT molecular complexity index is 839. The highest BCUT2D eigenvalue weighted by atomic mass is 19.1. The van der Waals surface area contributed by atoms with Crippen molar-refractivity contribution in [3.63, 3.8) is 0 Å². The Morgan fingerprint density at radius 3 is 2.25 bits per heavy atom. The van der Waals surface area contributed by atoms with Crippen LogP contribution in [0.5, 0.6) is 5.75 Å². The first-order valence-electron chi connectivity index (χ1n) is 11.5. The predicted octanol–water partition coefficient (Wildman–Crippen LogP) is 4.30. The zero-order valence-electron chi connectivity index (χ0n) is 19.1. The summed E-state index contributed by atoms with van der Waals surface area (Å²) >= 11 is 0. The van der Waals surface area contributed by atoms with Crippen molar-refractivity contribution in [2.75, 3.05) is 39.4 Å². The average Bonchev–Trinajstić information content (AvgIpc) is 2.78. The van der Waals surface area contributed by atoms with Gasteiger partial charge in [0.1, 0.15) is 11.4 Å². The SMILES string of the molecule is CC(C)(F)CN1CCC(COc2ccc(-c3ccc(C(=O)NCCCO)cc3)cc2)CC1. The number of carbonyl (C=O) groups excluding carboxylic acids is 1. The minimum atomic E-state index is -1.14. The number of aliphatic hydroxyl groups is 1. The van der Waals surface area contributed by atoms with E-state index in [0.29, 0.717) is 37.6 Å². The first-order valence-corrected chi connectivity index (χ1v) is 11.5. The number of hydrogen-bond donors (Lipinski definition) is 2. The summed E-state index contributed by atoms with van der Waals surface area (Å²) in [4.78, 5) is 14.3. The van der Waals surface area contributed by atoms with Gasteiger partial charge in [0.25, 0.3) is 5.91 Å². The lowest BCUT2D eigenvalue weighted by atomic mass is 9.97. The van der Waals surface area contributed by atoms with Crippen LogP contribution < -0.4 is 10.1 Å². The highest BCUT2D eigenvalue weighted by Crippen LogP contribution is 2.25. The van der Waals surface area contributed by atoms with Gasteiger partial charge in [0.2, 0.25) is 0 Å². The minimum Gasteiger partial charge on any atom is -0.493 e. The van der Waals surface area contributed by atoms with Crippen molar-refractivity contribution >= 4 is 5.91 Å². The molecule has 0 spiro atoms. The number of rotatable bonds is 10. The molecular weight excluding hydrogens is 407 g/mol. The van der Waals surface area contributed by atoms with Crippen molar-refractivity contribution in [1.29, 1.82) is 0 Å². The molecule has 0 saturated carbocycles. The number of likely N-dealkylation sites (tertiary alicyclic amines) is 1. The lowest BCUT2D eigenvalue weighted by Gasteiger charge is -2.34. The van der Waals surface area contributed by atoms with Crippen molar-refractivity contribution in [3.05, 3.63) is 54.1 Å². The van der Waals surface area contributed by atoms with Gasteiger partial charge in [0, 0.05) is 25.3 Å². The molecule has 1 fully saturated rings. The fourth-order valence-electron chi connectivity index (χ4n) is 4.00. The monoisotopic (exact) mass is 442 g/mol. The Kier molecular flexibility index (Phi) is 8.65. The smallest absolute Gasteiger partial charge is 0.251 e. The molecule has 1 saturated heterocycles. The van der Waals surface area contributed by atoms with Gasteiger partial charge < -0.3 is 20.1 Å². The quantitative estimate of drug-likeness (QED) is 0.539. The molecule has 2 N–H and O–H groups in total. The number of ether oxygens (including phenoxy) is 1. The predicted molar refractivity (Wildman–Crippen MR) is 126 cm³/mol. The topological polar surface area (TPSA) is 61.8 Å².